The van der Waals surface area contributed by atoms with Gasteiger partial charge >= 0.3 is 5.97 Å². The molecule has 1 aromatic heterocycles. The smallest absolute Gasteiger partial charge is 0.320 e. The molecule has 0 radical (unpaired) electrons. The molecule has 1 aliphatic heterocycles. The molecule has 1 aliphatic rings. The van der Waals surface area contributed by atoms with Crippen molar-refractivity contribution in [2.24, 2.45) is 0 Å². The Hall–Kier alpha value is -2.13. The van der Waals surface area contributed by atoms with Crippen molar-refractivity contribution in [1.29, 1.82) is 5.26 Å². The average Bonchev–Trinajstić information content (AvgIpc) is 2.79. The van der Waals surface area contributed by atoms with Crippen LogP contribution in [0.5, 0.6) is 0 Å². The number of hydrogen-bond acceptors (Lipinski definition) is 6. The van der Waals surface area contributed by atoms with E-state index in [1.54, 1.807) is 6.07 Å². The van der Waals surface area contributed by atoms with Crippen LogP contribution in [0, 0.1) is 11.3 Å². The lowest BCUT2D eigenvalue weighted by Crippen LogP contribution is -2.39. The van der Waals surface area contributed by atoms with Gasteiger partial charge in [-0.15, -0.1) is 0 Å². The number of nitriles is 1. The second-order valence-electron chi connectivity index (χ2n) is 7.57. The number of rotatable bonds is 4. The van der Waals surface area contributed by atoms with Gasteiger partial charge in [0.15, 0.2) is 0 Å². The topological polar surface area (TPSA) is 69.5 Å². The molecule has 25 heavy (non-hydrogen) atoms. The van der Waals surface area contributed by atoms with Crippen LogP contribution in [0.15, 0.2) is 18.2 Å². The Labute approximate surface area is 150 Å². The summed E-state index contributed by atoms with van der Waals surface area (Å²) in [6.07, 6.45) is 3.02. The molecule has 0 amide bonds. The number of aromatic nitrogens is 1. The standard InChI is InChI=1S/C19H28N4O2/c1-19(2,3)25-18(24)14-22(4)16-8-6-11-23(12-10-16)17-9-5-7-15(13-20)21-17/h5,7,9,16H,6,8,10-12,14H2,1-4H3/t16-/m1/s1. The average molecular weight is 344 g/mol. The molecule has 0 bridgehead atoms. The summed E-state index contributed by atoms with van der Waals surface area (Å²) >= 11 is 0. The number of hydrogen-bond donors (Lipinski definition) is 0. The zero-order chi connectivity index (χ0) is 18.4. The molecular formula is C19H28N4O2. The summed E-state index contributed by atoms with van der Waals surface area (Å²) in [6.45, 7) is 7.75. The van der Waals surface area contributed by atoms with Gasteiger partial charge in [-0.2, -0.15) is 5.26 Å². The van der Waals surface area contributed by atoms with Crippen molar-refractivity contribution < 1.29 is 9.53 Å². The van der Waals surface area contributed by atoms with Gasteiger partial charge in [0.1, 0.15) is 23.2 Å². The second-order valence-corrected chi connectivity index (χ2v) is 7.57. The highest BCUT2D eigenvalue weighted by Gasteiger charge is 2.24. The normalized spacial score (nSPS) is 18.6. The van der Waals surface area contributed by atoms with Crippen LogP contribution in [-0.2, 0) is 9.53 Å². The Kier molecular flexibility index (Phi) is 6.38. The van der Waals surface area contributed by atoms with Crippen molar-refractivity contribution in [2.75, 3.05) is 31.6 Å². The van der Waals surface area contributed by atoms with Crippen LogP contribution in [0.2, 0.25) is 0 Å². The molecule has 0 saturated carbocycles. The van der Waals surface area contributed by atoms with E-state index in [4.69, 9.17) is 10.00 Å². The Bertz CT molecular complexity index is 633. The molecular weight excluding hydrogens is 316 g/mol. The predicted molar refractivity (Wildman–Crippen MR) is 97.3 cm³/mol. The number of esters is 1. The highest BCUT2D eigenvalue weighted by atomic mass is 16.6. The molecule has 0 spiro atoms. The van der Waals surface area contributed by atoms with Gasteiger partial charge in [0.2, 0.25) is 0 Å². The number of carbonyl (C=O) groups excluding carboxylic acids is 1. The van der Waals surface area contributed by atoms with Crippen LogP contribution in [-0.4, -0.2) is 54.2 Å². The maximum absolute atomic E-state index is 12.0. The summed E-state index contributed by atoms with van der Waals surface area (Å²) in [4.78, 5) is 20.7. The molecule has 1 aromatic rings. The van der Waals surface area contributed by atoms with Gasteiger partial charge in [-0.25, -0.2) is 4.98 Å². The van der Waals surface area contributed by atoms with E-state index < -0.39 is 5.60 Å². The van der Waals surface area contributed by atoms with Gasteiger partial charge in [0.25, 0.3) is 0 Å². The fourth-order valence-corrected chi connectivity index (χ4v) is 3.12. The van der Waals surface area contributed by atoms with Gasteiger partial charge in [-0.05, 0) is 59.2 Å². The van der Waals surface area contributed by atoms with Gasteiger partial charge < -0.3 is 9.64 Å². The molecule has 0 aromatic carbocycles. The molecule has 2 rings (SSSR count). The van der Waals surface area contributed by atoms with Gasteiger partial charge in [-0.1, -0.05) is 6.07 Å². The van der Waals surface area contributed by atoms with Crippen molar-refractivity contribution in [3.63, 3.8) is 0 Å². The maximum atomic E-state index is 12.0. The molecule has 1 saturated heterocycles. The lowest BCUT2D eigenvalue weighted by atomic mass is 10.1. The van der Waals surface area contributed by atoms with E-state index in [0.29, 0.717) is 18.3 Å². The molecule has 0 unspecified atom stereocenters. The molecule has 6 heteroatoms. The molecule has 1 fully saturated rings. The fourth-order valence-electron chi connectivity index (χ4n) is 3.12. The summed E-state index contributed by atoms with van der Waals surface area (Å²) < 4.78 is 5.41. The fraction of sp³-hybridized carbons (Fsp3) is 0.632. The minimum absolute atomic E-state index is 0.181. The van der Waals surface area contributed by atoms with Crippen LogP contribution >= 0.6 is 0 Å². The SMILES string of the molecule is CN(CC(=O)OC(C)(C)C)[C@@H]1CCCN(c2cccc(C#N)n2)CC1. The number of ether oxygens (including phenoxy) is 1. The molecule has 0 N–H and O–H groups in total. The third-order valence-corrected chi connectivity index (χ3v) is 4.29. The lowest BCUT2D eigenvalue weighted by Gasteiger charge is -2.28. The summed E-state index contributed by atoms with van der Waals surface area (Å²) in [5.41, 5.74) is -0.00405. The molecule has 1 atom stereocenters. The molecule has 0 aliphatic carbocycles. The third kappa shape index (κ3) is 6.02. The van der Waals surface area contributed by atoms with Crippen molar-refractivity contribution in [3.8, 4) is 6.07 Å². The Morgan fingerprint density at radius 2 is 2.16 bits per heavy atom. The van der Waals surface area contributed by atoms with Gasteiger partial charge in [0, 0.05) is 19.1 Å². The van der Waals surface area contributed by atoms with Crippen LogP contribution in [0.1, 0.15) is 45.7 Å². The lowest BCUT2D eigenvalue weighted by molar-refractivity contribution is -0.156. The summed E-state index contributed by atoms with van der Waals surface area (Å²) in [7, 11) is 1.98. The summed E-state index contributed by atoms with van der Waals surface area (Å²) in [5.74, 6) is 0.675. The van der Waals surface area contributed by atoms with Gasteiger partial charge in [0.05, 0.1) is 6.54 Å². The predicted octanol–water partition coefficient (Wildman–Crippen LogP) is 2.59. The molecule has 136 valence electrons. The first-order chi connectivity index (χ1) is 11.8. The van der Waals surface area contributed by atoms with Gasteiger partial charge in [-0.3, -0.25) is 9.69 Å². The summed E-state index contributed by atoms with van der Waals surface area (Å²) in [6, 6.07) is 7.98. The minimum Gasteiger partial charge on any atom is -0.459 e. The highest BCUT2D eigenvalue weighted by Crippen LogP contribution is 2.20. The quantitative estimate of drug-likeness (QED) is 0.782. The number of likely N-dealkylation sites (N-methyl/N-ethyl adjacent to an activating group) is 1. The van der Waals surface area contributed by atoms with Crippen LogP contribution in [0.25, 0.3) is 0 Å². The van der Waals surface area contributed by atoms with Crippen LogP contribution in [0.4, 0.5) is 5.82 Å². The number of pyridine rings is 1. The number of nitrogens with zero attached hydrogens (tertiary/aromatic N) is 4. The Morgan fingerprint density at radius 1 is 1.40 bits per heavy atom. The largest absolute Gasteiger partial charge is 0.459 e. The number of carbonyl (C=O) groups is 1. The first-order valence-corrected chi connectivity index (χ1v) is 8.82. The van der Waals surface area contributed by atoms with Crippen LogP contribution < -0.4 is 4.90 Å². The minimum atomic E-state index is -0.449. The zero-order valence-electron chi connectivity index (χ0n) is 15.7. The first-order valence-electron chi connectivity index (χ1n) is 8.82. The van der Waals surface area contributed by atoms with E-state index >= 15 is 0 Å². The van der Waals surface area contributed by atoms with E-state index in [-0.39, 0.29) is 5.97 Å². The Morgan fingerprint density at radius 3 is 2.84 bits per heavy atom. The molecule has 2 heterocycles. The van der Waals surface area contributed by atoms with Crippen LogP contribution in [0.3, 0.4) is 0 Å². The van der Waals surface area contributed by atoms with Crippen molar-refractivity contribution >= 4 is 11.8 Å². The van der Waals surface area contributed by atoms with E-state index in [9.17, 15) is 4.79 Å². The monoisotopic (exact) mass is 344 g/mol. The summed E-state index contributed by atoms with van der Waals surface area (Å²) in [5, 5.41) is 9.01. The Balaban J connectivity index is 1.92. The molecule has 6 nitrogen and oxygen atoms in total. The van der Waals surface area contributed by atoms with Crippen molar-refractivity contribution in [3.05, 3.63) is 23.9 Å². The highest BCUT2D eigenvalue weighted by molar-refractivity contribution is 5.72. The van der Waals surface area contributed by atoms with E-state index in [2.05, 4.69) is 20.9 Å². The van der Waals surface area contributed by atoms with E-state index in [1.807, 2.05) is 40.0 Å². The van der Waals surface area contributed by atoms with E-state index in [0.717, 1.165) is 38.2 Å². The zero-order valence-corrected chi connectivity index (χ0v) is 15.7. The van der Waals surface area contributed by atoms with Crippen molar-refractivity contribution in [2.45, 2.75) is 51.7 Å². The number of anilines is 1. The first kappa shape index (κ1) is 19.2. The second kappa shape index (κ2) is 8.30. The maximum Gasteiger partial charge on any atom is 0.320 e. The van der Waals surface area contributed by atoms with Crippen molar-refractivity contribution in [1.82, 2.24) is 9.88 Å². The third-order valence-electron chi connectivity index (χ3n) is 4.29. The van der Waals surface area contributed by atoms with E-state index in [1.165, 1.54) is 0 Å².